The Kier molecular flexibility index (Phi) is 2.76. The minimum absolute atomic E-state index is 0.248. The lowest BCUT2D eigenvalue weighted by Gasteiger charge is -2.07. The third-order valence-electron chi connectivity index (χ3n) is 1.55. The summed E-state index contributed by atoms with van der Waals surface area (Å²) in [5.41, 5.74) is 0.0739. The van der Waals surface area contributed by atoms with Crippen LogP contribution in [0.25, 0.3) is 0 Å². The Labute approximate surface area is 77.1 Å². The number of hydroxylamine groups is 1. The minimum Gasteiger partial charge on any atom is -0.288 e. The van der Waals surface area contributed by atoms with Crippen molar-refractivity contribution in [2.24, 2.45) is 0 Å². The first-order chi connectivity index (χ1) is 6.45. The molecular weight excluding hydrogens is 199 g/mol. The molecule has 0 bridgehead atoms. The zero-order valence-electron chi connectivity index (χ0n) is 6.80. The summed E-state index contributed by atoms with van der Waals surface area (Å²) in [6.07, 6.45) is -4.49. The number of alkyl halides is 3. The van der Waals surface area contributed by atoms with Gasteiger partial charge in [0.15, 0.2) is 0 Å². The molecule has 0 atom stereocenters. The Morgan fingerprint density at radius 2 is 2.00 bits per heavy atom. The maximum atomic E-state index is 12.1. The molecule has 0 saturated heterocycles. The van der Waals surface area contributed by atoms with E-state index in [2.05, 4.69) is 0 Å². The van der Waals surface area contributed by atoms with Crippen LogP contribution >= 0.6 is 0 Å². The molecule has 0 radical (unpaired) electrons. The molecule has 2 N–H and O–H groups in total. The number of benzene rings is 1. The molecule has 0 aliphatic carbocycles. The Morgan fingerprint density at radius 1 is 1.36 bits per heavy atom. The fourth-order valence-corrected chi connectivity index (χ4v) is 0.901. The van der Waals surface area contributed by atoms with Crippen LogP contribution in [0.1, 0.15) is 15.9 Å². The first kappa shape index (κ1) is 10.5. The van der Waals surface area contributed by atoms with E-state index in [0.717, 1.165) is 12.1 Å². The zero-order valence-corrected chi connectivity index (χ0v) is 6.80. The molecule has 0 aliphatic heterocycles. The molecular formula is C8H6F3NO2. The molecule has 0 aliphatic rings. The lowest BCUT2D eigenvalue weighted by atomic mass is 10.1. The molecule has 0 saturated carbocycles. The monoisotopic (exact) mass is 205 g/mol. The molecule has 0 unspecified atom stereocenters. The molecule has 76 valence electrons. The summed E-state index contributed by atoms with van der Waals surface area (Å²) in [7, 11) is 0. The predicted molar refractivity (Wildman–Crippen MR) is 40.7 cm³/mol. The Morgan fingerprint density at radius 3 is 2.50 bits per heavy atom. The minimum atomic E-state index is -4.49. The van der Waals surface area contributed by atoms with Crippen LogP contribution in [0.2, 0.25) is 0 Å². The maximum absolute atomic E-state index is 12.1. The van der Waals surface area contributed by atoms with Crippen molar-refractivity contribution in [3.05, 3.63) is 35.4 Å². The zero-order chi connectivity index (χ0) is 10.8. The van der Waals surface area contributed by atoms with Crippen molar-refractivity contribution < 1.29 is 23.2 Å². The summed E-state index contributed by atoms with van der Waals surface area (Å²) in [4.78, 5) is 10.8. The molecule has 0 heterocycles. The summed E-state index contributed by atoms with van der Waals surface area (Å²) in [5, 5.41) is 8.20. The van der Waals surface area contributed by atoms with Gasteiger partial charge in [-0.05, 0) is 18.2 Å². The summed E-state index contributed by atoms with van der Waals surface area (Å²) in [6.45, 7) is 0. The number of hydrogen-bond donors (Lipinski definition) is 2. The van der Waals surface area contributed by atoms with Gasteiger partial charge in [0.05, 0.1) is 5.56 Å². The molecule has 1 rings (SSSR count). The SMILES string of the molecule is O=C(NO)c1cccc(C(F)(F)F)c1. The van der Waals surface area contributed by atoms with Crippen molar-refractivity contribution >= 4 is 5.91 Å². The van der Waals surface area contributed by atoms with E-state index in [1.165, 1.54) is 11.5 Å². The summed E-state index contributed by atoms with van der Waals surface area (Å²) in [6, 6.07) is 3.76. The Bertz CT molecular complexity index is 349. The topological polar surface area (TPSA) is 49.3 Å². The summed E-state index contributed by atoms with van der Waals surface area (Å²) >= 11 is 0. The average Bonchev–Trinajstić information content (AvgIpc) is 2.15. The molecule has 1 amide bonds. The van der Waals surface area contributed by atoms with Crippen LogP contribution in [-0.2, 0) is 6.18 Å². The second-order valence-electron chi connectivity index (χ2n) is 2.52. The van der Waals surface area contributed by atoms with E-state index in [-0.39, 0.29) is 5.56 Å². The van der Waals surface area contributed by atoms with Crippen molar-refractivity contribution in [2.45, 2.75) is 6.18 Å². The summed E-state index contributed by atoms with van der Waals surface area (Å²) < 4.78 is 36.4. The van der Waals surface area contributed by atoms with Gasteiger partial charge in [-0.3, -0.25) is 10.0 Å². The molecule has 1 aromatic carbocycles. The van der Waals surface area contributed by atoms with Crippen LogP contribution in [0.4, 0.5) is 13.2 Å². The number of rotatable bonds is 1. The predicted octanol–water partition coefficient (Wildman–Crippen LogP) is 1.82. The number of nitrogens with one attached hydrogen (secondary N) is 1. The highest BCUT2D eigenvalue weighted by Gasteiger charge is 2.30. The van der Waals surface area contributed by atoms with Crippen LogP contribution in [-0.4, -0.2) is 11.1 Å². The second kappa shape index (κ2) is 3.67. The standard InChI is InChI=1S/C8H6F3NO2/c9-8(10,11)6-3-1-2-5(4-6)7(13)12-14/h1-4,14H,(H,12,13). The molecule has 3 nitrogen and oxygen atoms in total. The average molecular weight is 205 g/mol. The molecule has 0 aromatic heterocycles. The molecule has 1 aromatic rings. The first-order valence-electron chi connectivity index (χ1n) is 3.57. The van der Waals surface area contributed by atoms with E-state index < -0.39 is 17.6 Å². The van der Waals surface area contributed by atoms with Gasteiger partial charge in [0.2, 0.25) is 0 Å². The van der Waals surface area contributed by atoms with E-state index in [0.29, 0.717) is 6.07 Å². The number of carbonyl (C=O) groups excluding carboxylic acids is 1. The van der Waals surface area contributed by atoms with Gasteiger partial charge >= 0.3 is 6.18 Å². The fourth-order valence-electron chi connectivity index (χ4n) is 0.901. The van der Waals surface area contributed by atoms with Gasteiger partial charge < -0.3 is 0 Å². The molecule has 14 heavy (non-hydrogen) atoms. The second-order valence-corrected chi connectivity index (χ2v) is 2.52. The van der Waals surface area contributed by atoms with Crippen molar-refractivity contribution in [2.75, 3.05) is 0 Å². The molecule has 0 fully saturated rings. The van der Waals surface area contributed by atoms with Crippen LogP contribution < -0.4 is 5.48 Å². The van der Waals surface area contributed by atoms with Crippen molar-refractivity contribution in [1.29, 1.82) is 0 Å². The third kappa shape index (κ3) is 2.23. The highest BCUT2D eigenvalue weighted by atomic mass is 19.4. The Hall–Kier alpha value is -1.56. The van der Waals surface area contributed by atoms with Crippen molar-refractivity contribution in [3.63, 3.8) is 0 Å². The lowest BCUT2D eigenvalue weighted by Crippen LogP contribution is -2.19. The van der Waals surface area contributed by atoms with Crippen LogP contribution in [0, 0.1) is 0 Å². The highest BCUT2D eigenvalue weighted by molar-refractivity contribution is 5.93. The van der Waals surface area contributed by atoms with Crippen LogP contribution in [0.15, 0.2) is 24.3 Å². The summed E-state index contributed by atoms with van der Waals surface area (Å²) in [5.74, 6) is -0.976. The van der Waals surface area contributed by atoms with Crippen molar-refractivity contribution in [3.8, 4) is 0 Å². The number of halogens is 3. The van der Waals surface area contributed by atoms with Gasteiger partial charge in [-0.1, -0.05) is 6.07 Å². The molecule has 0 spiro atoms. The van der Waals surface area contributed by atoms with Gasteiger partial charge in [0.1, 0.15) is 0 Å². The quantitative estimate of drug-likeness (QED) is 0.542. The van der Waals surface area contributed by atoms with E-state index in [1.807, 2.05) is 0 Å². The maximum Gasteiger partial charge on any atom is 0.416 e. The Balaban J connectivity index is 3.08. The molecule has 6 heteroatoms. The van der Waals surface area contributed by atoms with Gasteiger partial charge in [0, 0.05) is 5.56 Å². The number of amides is 1. The van der Waals surface area contributed by atoms with E-state index in [9.17, 15) is 18.0 Å². The van der Waals surface area contributed by atoms with E-state index in [1.54, 1.807) is 0 Å². The van der Waals surface area contributed by atoms with Crippen molar-refractivity contribution in [1.82, 2.24) is 5.48 Å². The van der Waals surface area contributed by atoms with Gasteiger partial charge in [-0.15, -0.1) is 0 Å². The van der Waals surface area contributed by atoms with E-state index >= 15 is 0 Å². The number of hydrogen-bond acceptors (Lipinski definition) is 2. The van der Waals surface area contributed by atoms with Gasteiger partial charge in [-0.25, -0.2) is 5.48 Å². The third-order valence-corrected chi connectivity index (χ3v) is 1.55. The highest BCUT2D eigenvalue weighted by Crippen LogP contribution is 2.29. The lowest BCUT2D eigenvalue weighted by molar-refractivity contribution is -0.137. The van der Waals surface area contributed by atoms with Crippen LogP contribution in [0.5, 0.6) is 0 Å². The van der Waals surface area contributed by atoms with E-state index in [4.69, 9.17) is 5.21 Å². The van der Waals surface area contributed by atoms with Gasteiger partial charge in [-0.2, -0.15) is 13.2 Å². The smallest absolute Gasteiger partial charge is 0.288 e. The normalized spacial score (nSPS) is 11.1. The first-order valence-corrected chi connectivity index (χ1v) is 3.57. The number of carbonyl (C=O) groups is 1. The largest absolute Gasteiger partial charge is 0.416 e. The van der Waals surface area contributed by atoms with Gasteiger partial charge in [0.25, 0.3) is 5.91 Å². The fraction of sp³-hybridized carbons (Fsp3) is 0.125. The van der Waals surface area contributed by atoms with Crippen LogP contribution in [0.3, 0.4) is 0 Å².